The topological polar surface area (TPSA) is 24.1 Å². The molecule has 3 rings (SSSR count). The summed E-state index contributed by atoms with van der Waals surface area (Å²) in [5.74, 6) is 1.83. The minimum absolute atomic E-state index is 0. The Morgan fingerprint density at radius 1 is 1.21 bits per heavy atom. The third-order valence-electron chi connectivity index (χ3n) is 6.85. The van der Waals surface area contributed by atoms with Crippen LogP contribution < -0.4 is 10.6 Å². The quantitative estimate of drug-likeness (QED) is 0.832. The summed E-state index contributed by atoms with van der Waals surface area (Å²) in [5, 5.41) is 7.47. The van der Waals surface area contributed by atoms with Gasteiger partial charge < -0.3 is 10.6 Å². The third kappa shape index (κ3) is 2.45. The summed E-state index contributed by atoms with van der Waals surface area (Å²) in [6, 6.07) is 0.771. The predicted molar refractivity (Wildman–Crippen MR) is 83.9 cm³/mol. The van der Waals surface area contributed by atoms with Crippen LogP contribution in [-0.4, -0.2) is 25.7 Å². The third-order valence-corrected chi connectivity index (χ3v) is 6.85. The molecule has 1 saturated heterocycles. The molecule has 2 saturated carbocycles. The lowest BCUT2D eigenvalue weighted by molar-refractivity contribution is 0.118. The van der Waals surface area contributed by atoms with Crippen molar-refractivity contribution in [3.8, 4) is 0 Å². The van der Waals surface area contributed by atoms with Crippen LogP contribution >= 0.6 is 12.4 Å². The minimum Gasteiger partial charge on any atom is -0.316 e. The van der Waals surface area contributed by atoms with Gasteiger partial charge in [0.1, 0.15) is 0 Å². The van der Waals surface area contributed by atoms with Gasteiger partial charge in [0.2, 0.25) is 0 Å². The zero-order valence-electron chi connectivity index (χ0n) is 12.8. The minimum atomic E-state index is 0. The SMILES string of the molecule is CC1(C)C2CCC1(C)C(NCC1CCCNC1)C2.Cl. The highest BCUT2D eigenvalue weighted by atomic mass is 35.5. The van der Waals surface area contributed by atoms with E-state index in [0.717, 1.165) is 17.9 Å². The molecule has 2 N–H and O–H groups in total. The summed E-state index contributed by atoms with van der Waals surface area (Å²) < 4.78 is 0. The van der Waals surface area contributed by atoms with Gasteiger partial charge in [0.05, 0.1) is 0 Å². The van der Waals surface area contributed by atoms with E-state index < -0.39 is 0 Å². The lowest BCUT2D eigenvalue weighted by Gasteiger charge is -2.40. The first kappa shape index (κ1) is 15.6. The number of nitrogens with one attached hydrogen (secondary N) is 2. The zero-order valence-corrected chi connectivity index (χ0v) is 13.6. The number of hydrogen-bond acceptors (Lipinski definition) is 2. The number of hydrogen-bond donors (Lipinski definition) is 2. The molecule has 3 heteroatoms. The number of piperidine rings is 1. The van der Waals surface area contributed by atoms with Crippen molar-refractivity contribution in [3.63, 3.8) is 0 Å². The molecule has 0 aromatic heterocycles. The van der Waals surface area contributed by atoms with Crippen LogP contribution in [0.2, 0.25) is 0 Å². The fourth-order valence-electron chi connectivity index (χ4n) is 4.92. The van der Waals surface area contributed by atoms with Crippen molar-refractivity contribution in [2.75, 3.05) is 19.6 Å². The Hall–Kier alpha value is 0.210. The fourth-order valence-corrected chi connectivity index (χ4v) is 4.92. The van der Waals surface area contributed by atoms with Crippen molar-refractivity contribution in [2.24, 2.45) is 22.7 Å². The molecule has 1 heterocycles. The number of halogens is 1. The molecule has 4 atom stereocenters. The smallest absolute Gasteiger partial charge is 0.0129 e. The summed E-state index contributed by atoms with van der Waals surface area (Å²) in [5.41, 5.74) is 1.09. The highest BCUT2D eigenvalue weighted by molar-refractivity contribution is 5.85. The van der Waals surface area contributed by atoms with E-state index in [-0.39, 0.29) is 12.4 Å². The van der Waals surface area contributed by atoms with E-state index in [1.807, 2.05) is 0 Å². The predicted octanol–water partition coefficient (Wildman–Crippen LogP) is 3.21. The van der Waals surface area contributed by atoms with Gasteiger partial charge in [-0.25, -0.2) is 0 Å². The van der Waals surface area contributed by atoms with Crippen molar-refractivity contribution in [1.82, 2.24) is 10.6 Å². The molecule has 1 aliphatic heterocycles. The Morgan fingerprint density at radius 3 is 2.53 bits per heavy atom. The fraction of sp³-hybridized carbons (Fsp3) is 1.00. The maximum absolute atomic E-state index is 3.94. The lowest BCUT2D eigenvalue weighted by Crippen LogP contribution is -2.47. The van der Waals surface area contributed by atoms with E-state index in [1.54, 1.807) is 0 Å². The highest BCUT2D eigenvalue weighted by Gasteiger charge is 2.60. The number of fused-ring (bicyclic) bond motifs is 2. The molecular formula is C16H31ClN2. The lowest BCUT2D eigenvalue weighted by atomic mass is 9.69. The molecular weight excluding hydrogens is 256 g/mol. The molecule has 0 amide bonds. The standard InChI is InChI=1S/C16H30N2.ClH/c1-15(2)13-6-7-16(15,3)14(9-13)18-11-12-5-4-8-17-10-12;/h12-14,17-18H,4-11H2,1-3H3;1H. The van der Waals surface area contributed by atoms with Crippen LogP contribution in [0, 0.1) is 22.7 Å². The summed E-state index contributed by atoms with van der Waals surface area (Å²) >= 11 is 0. The van der Waals surface area contributed by atoms with Gasteiger partial charge in [-0.05, 0) is 74.4 Å². The van der Waals surface area contributed by atoms with E-state index in [4.69, 9.17) is 0 Å². The maximum atomic E-state index is 3.94. The molecule has 0 aromatic rings. The second-order valence-corrected chi connectivity index (χ2v) is 7.78. The van der Waals surface area contributed by atoms with E-state index in [1.165, 1.54) is 51.7 Å². The Bertz CT molecular complexity index is 312. The van der Waals surface area contributed by atoms with Gasteiger partial charge in [-0.1, -0.05) is 20.8 Å². The van der Waals surface area contributed by atoms with Crippen LogP contribution in [0.3, 0.4) is 0 Å². The molecule has 19 heavy (non-hydrogen) atoms. The van der Waals surface area contributed by atoms with Crippen molar-refractivity contribution in [2.45, 2.75) is 58.9 Å². The van der Waals surface area contributed by atoms with Gasteiger partial charge in [0, 0.05) is 6.04 Å². The van der Waals surface area contributed by atoms with Gasteiger partial charge in [-0.3, -0.25) is 0 Å². The van der Waals surface area contributed by atoms with Crippen LogP contribution in [0.1, 0.15) is 52.9 Å². The molecule has 2 nitrogen and oxygen atoms in total. The summed E-state index contributed by atoms with van der Waals surface area (Å²) in [6.45, 7) is 11.2. The van der Waals surface area contributed by atoms with Crippen molar-refractivity contribution >= 4 is 12.4 Å². The molecule has 0 spiro atoms. The van der Waals surface area contributed by atoms with Crippen LogP contribution in [0.4, 0.5) is 0 Å². The van der Waals surface area contributed by atoms with Gasteiger partial charge >= 0.3 is 0 Å². The Balaban J connectivity index is 0.00000133. The maximum Gasteiger partial charge on any atom is 0.0129 e. The summed E-state index contributed by atoms with van der Waals surface area (Å²) in [7, 11) is 0. The largest absolute Gasteiger partial charge is 0.316 e. The summed E-state index contributed by atoms with van der Waals surface area (Å²) in [4.78, 5) is 0. The first-order chi connectivity index (χ1) is 8.54. The van der Waals surface area contributed by atoms with Crippen molar-refractivity contribution in [1.29, 1.82) is 0 Å². The van der Waals surface area contributed by atoms with Gasteiger partial charge in [0.25, 0.3) is 0 Å². The van der Waals surface area contributed by atoms with E-state index in [0.29, 0.717) is 10.8 Å². The van der Waals surface area contributed by atoms with Gasteiger partial charge in [0.15, 0.2) is 0 Å². The normalized spacial score (nSPS) is 44.1. The van der Waals surface area contributed by atoms with E-state index in [2.05, 4.69) is 31.4 Å². The van der Waals surface area contributed by atoms with Crippen molar-refractivity contribution in [3.05, 3.63) is 0 Å². The van der Waals surface area contributed by atoms with E-state index >= 15 is 0 Å². The molecule has 4 unspecified atom stereocenters. The monoisotopic (exact) mass is 286 g/mol. The number of rotatable bonds is 3. The molecule has 2 aliphatic carbocycles. The molecule has 0 aromatic carbocycles. The van der Waals surface area contributed by atoms with E-state index in [9.17, 15) is 0 Å². The first-order valence-corrected chi connectivity index (χ1v) is 7.98. The van der Waals surface area contributed by atoms with Crippen LogP contribution in [-0.2, 0) is 0 Å². The molecule has 3 aliphatic rings. The van der Waals surface area contributed by atoms with Crippen LogP contribution in [0.5, 0.6) is 0 Å². The Kier molecular flexibility index (Phi) is 4.55. The Morgan fingerprint density at radius 2 is 2.00 bits per heavy atom. The summed E-state index contributed by atoms with van der Waals surface area (Å²) in [6.07, 6.45) is 7.10. The average molecular weight is 287 g/mol. The molecule has 112 valence electrons. The zero-order chi connectivity index (χ0) is 12.8. The molecule has 0 radical (unpaired) electrons. The van der Waals surface area contributed by atoms with Crippen LogP contribution in [0.25, 0.3) is 0 Å². The van der Waals surface area contributed by atoms with Crippen molar-refractivity contribution < 1.29 is 0 Å². The average Bonchev–Trinajstić information content (AvgIpc) is 2.70. The Labute approximate surface area is 124 Å². The highest BCUT2D eigenvalue weighted by Crippen LogP contribution is 2.65. The van der Waals surface area contributed by atoms with Crippen LogP contribution in [0.15, 0.2) is 0 Å². The van der Waals surface area contributed by atoms with Gasteiger partial charge in [-0.2, -0.15) is 0 Å². The second kappa shape index (κ2) is 5.54. The first-order valence-electron chi connectivity index (χ1n) is 7.98. The van der Waals surface area contributed by atoms with Gasteiger partial charge in [-0.15, -0.1) is 12.4 Å². The molecule has 3 fully saturated rings. The molecule has 2 bridgehead atoms. The second-order valence-electron chi connectivity index (χ2n) is 7.78.